The standard InChI is InChI=1S/C21H27N3O/c1-2-7-24-19(17-5-3-4-6-18(17)25)22-23-20(24)21-11-14-8-15(12-21)10-16(9-14)13-21/h3-6,14-16,25H,2,7-13H2,1H3. The Morgan fingerprint density at radius 2 is 1.68 bits per heavy atom. The van der Waals surface area contributed by atoms with E-state index < -0.39 is 0 Å². The van der Waals surface area contributed by atoms with E-state index >= 15 is 0 Å². The normalized spacial score (nSPS) is 33.1. The molecule has 0 unspecified atom stereocenters. The molecule has 4 saturated carbocycles. The van der Waals surface area contributed by atoms with Crippen molar-refractivity contribution in [2.24, 2.45) is 17.8 Å². The molecule has 4 nitrogen and oxygen atoms in total. The minimum atomic E-state index is 0.236. The van der Waals surface area contributed by atoms with E-state index in [0.717, 1.165) is 42.1 Å². The number of phenols is 1. The summed E-state index contributed by atoms with van der Waals surface area (Å²) in [4.78, 5) is 0. The van der Waals surface area contributed by atoms with Crippen LogP contribution in [0.4, 0.5) is 0 Å². The van der Waals surface area contributed by atoms with Gasteiger partial charge in [0.1, 0.15) is 11.6 Å². The van der Waals surface area contributed by atoms with E-state index in [-0.39, 0.29) is 5.41 Å². The van der Waals surface area contributed by atoms with E-state index in [0.29, 0.717) is 5.75 Å². The first kappa shape index (κ1) is 15.4. The van der Waals surface area contributed by atoms with E-state index in [1.165, 1.54) is 44.3 Å². The molecule has 4 aliphatic carbocycles. The number of aromatic hydroxyl groups is 1. The molecule has 0 aliphatic heterocycles. The number of hydrogen-bond acceptors (Lipinski definition) is 3. The van der Waals surface area contributed by atoms with Crippen molar-refractivity contribution in [3.63, 3.8) is 0 Å². The number of nitrogens with zero attached hydrogens (tertiary/aromatic N) is 3. The van der Waals surface area contributed by atoms with E-state index in [1.807, 2.05) is 18.2 Å². The Bertz CT molecular complexity index is 759. The molecule has 0 radical (unpaired) electrons. The molecule has 4 bridgehead atoms. The van der Waals surface area contributed by atoms with Gasteiger partial charge in [-0.1, -0.05) is 19.1 Å². The van der Waals surface area contributed by atoms with Gasteiger partial charge in [0.2, 0.25) is 0 Å². The van der Waals surface area contributed by atoms with E-state index in [2.05, 4.69) is 16.6 Å². The number of benzene rings is 1. The summed E-state index contributed by atoms with van der Waals surface area (Å²) >= 11 is 0. The first-order chi connectivity index (χ1) is 12.2. The van der Waals surface area contributed by atoms with Gasteiger partial charge in [-0.25, -0.2) is 0 Å². The molecule has 0 saturated heterocycles. The highest BCUT2D eigenvalue weighted by Crippen LogP contribution is 2.60. The largest absolute Gasteiger partial charge is 0.507 e. The van der Waals surface area contributed by atoms with Crippen molar-refractivity contribution in [2.75, 3.05) is 0 Å². The SMILES string of the molecule is CCCn1c(-c2ccccc2O)nnc1C12CC3CC(CC(C3)C1)C2. The predicted octanol–water partition coefficient (Wildman–Crippen LogP) is 4.53. The van der Waals surface area contributed by atoms with E-state index in [1.54, 1.807) is 6.07 Å². The third kappa shape index (κ3) is 2.33. The topological polar surface area (TPSA) is 50.9 Å². The third-order valence-electron chi connectivity index (χ3n) is 6.86. The second-order valence-corrected chi connectivity index (χ2v) is 8.71. The maximum Gasteiger partial charge on any atom is 0.167 e. The summed E-state index contributed by atoms with van der Waals surface area (Å²) in [6, 6.07) is 7.52. The minimum Gasteiger partial charge on any atom is -0.507 e. The predicted molar refractivity (Wildman–Crippen MR) is 97.3 cm³/mol. The van der Waals surface area contributed by atoms with Crippen molar-refractivity contribution >= 4 is 0 Å². The molecule has 1 aromatic carbocycles. The third-order valence-corrected chi connectivity index (χ3v) is 6.86. The van der Waals surface area contributed by atoms with E-state index in [9.17, 15) is 5.11 Å². The molecule has 1 aromatic heterocycles. The van der Waals surface area contributed by atoms with Crippen molar-refractivity contribution in [1.29, 1.82) is 0 Å². The van der Waals surface area contributed by atoms with Gasteiger partial charge in [0.05, 0.1) is 5.56 Å². The van der Waals surface area contributed by atoms with Crippen LogP contribution in [0.25, 0.3) is 11.4 Å². The molecule has 2 aromatic rings. The molecule has 0 amide bonds. The molecule has 1 N–H and O–H groups in total. The number of para-hydroxylation sites is 1. The van der Waals surface area contributed by atoms with Crippen molar-refractivity contribution in [3.05, 3.63) is 30.1 Å². The molecule has 6 rings (SSSR count). The Morgan fingerprint density at radius 1 is 1.04 bits per heavy atom. The molecular weight excluding hydrogens is 310 g/mol. The van der Waals surface area contributed by atoms with E-state index in [4.69, 9.17) is 5.10 Å². The van der Waals surface area contributed by atoms with Crippen LogP contribution in [-0.4, -0.2) is 19.9 Å². The quantitative estimate of drug-likeness (QED) is 0.892. The summed E-state index contributed by atoms with van der Waals surface area (Å²) in [6.07, 6.45) is 9.25. The molecule has 0 spiro atoms. The van der Waals surface area contributed by atoms with Gasteiger partial charge in [0.25, 0.3) is 0 Å². The van der Waals surface area contributed by atoms with Crippen LogP contribution in [0.2, 0.25) is 0 Å². The van der Waals surface area contributed by atoms with Crippen LogP contribution < -0.4 is 0 Å². The second kappa shape index (κ2) is 5.58. The Balaban J connectivity index is 1.62. The molecular formula is C21H27N3O. The van der Waals surface area contributed by atoms with Gasteiger partial charge in [-0.2, -0.15) is 0 Å². The molecule has 4 heteroatoms. The number of hydrogen-bond donors (Lipinski definition) is 1. The molecule has 1 heterocycles. The van der Waals surface area contributed by atoms with Gasteiger partial charge in [0, 0.05) is 12.0 Å². The second-order valence-electron chi connectivity index (χ2n) is 8.71. The van der Waals surface area contributed by atoms with Gasteiger partial charge in [-0.05, 0) is 74.8 Å². The smallest absolute Gasteiger partial charge is 0.167 e. The lowest BCUT2D eigenvalue weighted by atomic mass is 9.49. The van der Waals surface area contributed by atoms with Gasteiger partial charge in [-0.3, -0.25) is 0 Å². The summed E-state index contributed by atoms with van der Waals surface area (Å²) in [6.45, 7) is 3.13. The summed E-state index contributed by atoms with van der Waals surface area (Å²) in [5, 5.41) is 19.6. The van der Waals surface area contributed by atoms with Crippen LogP contribution in [0.3, 0.4) is 0 Å². The average molecular weight is 337 g/mol. The van der Waals surface area contributed by atoms with Crippen LogP contribution >= 0.6 is 0 Å². The van der Waals surface area contributed by atoms with Gasteiger partial charge < -0.3 is 9.67 Å². The Hall–Kier alpha value is -1.84. The maximum atomic E-state index is 10.3. The molecule has 25 heavy (non-hydrogen) atoms. The van der Waals surface area contributed by atoms with Gasteiger partial charge in [-0.15, -0.1) is 10.2 Å². The lowest BCUT2D eigenvalue weighted by Crippen LogP contribution is -2.49. The minimum absolute atomic E-state index is 0.236. The molecule has 132 valence electrons. The van der Waals surface area contributed by atoms with Crippen LogP contribution in [-0.2, 0) is 12.0 Å². The van der Waals surface area contributed by atoms with Gasteiger partial charge >= 0.3 is 0 Å². The zero-order valence-electron chi connectivity index (χ0n) is 15.0. The fourth-order valence-corrected chi connectivity index (χ4v) is 6.38. The number of rotatable bonds is 4. The Labute approximate surface area is 149 Å². The van der Waals surface area contributed by atoms with Gasteiger partial charge in [0.15, 0.2) is 5.82 Å². The number of phenolic OH excluding ortho intramolecular Hbond substituents is 1. The highest BCUT2D eigenvalue weighted by atomic mass is 16.3. The molecule has 4 aliphatic rings. The van der Waals surface area contributed by atoms with Crippen molar-refractivity contribution in [2.45, 2.75) is 63.8 Å². The average Bonchev–Trinajstić information content (AvgIpc) is 2.99. The summed E-state index contributed by atoms with van der Waals surface area (Å²) in [7, 11) is 0. The van der Waals surface area contributed by atoms with Crippen molar-refractivity contribution < 1.29 is 5.11 Å². The summed E-state index contributed by atoms with van der Waals surface area (Å²) < 4.78 is 2.32. The lowest BCUT2D eigenvalue weighted by molar-refractivity contribution is -0.0111. The van der Waals surface area contributed by atoms with Crippen LogP contribution in [0, 0.1) is 17.8 Å². The molecule has 4 fully saturated rings. The summed E-state index contributed by atoms with van der Waals surface area (Å²) in [5.74, 6) is 5.02. The van der Waals surface area contributed by atoms with Crippen molar-refractivity contribution in [1.82, 2.24) is 14.8 Å². The Kier molecular flexibility index (Phi) is 3.44. The zero-order valence-corrected chi connectivity index (χ0v) is 15.0. The fourth-order valence-electron chi connectivity index (χ4n) is 6.38. The summed E-state index contributed by atoms with van der Waals surface area (Å²) in [5.41, 5.74) is 1.04. The monoisotopic (exact) mass is 337 g/mol. The van der Waals surface area contributed by atoms with Crippen LogP contribution in [0.15, 0.2) is 24.3 Å². The maximum absolute atomic E-state index is 10.3. The number of aromatic nitrogens is 3. The highest BCUT2D eigenvalue weighted by molar-refractivity contribution is 5.63. The van der Waals surface area contributed by atoms with Crippen LogP contribution in [0.5, 0.6) is 5.75 Å². The fraction of sp³-hybridized carbons (Fsp3) is 0.619. The Morgan fingerprint density at radius 3 is 2.28 bits per heavy atom. The highest BCUT2D eigenvalue weighted by Gasteiger charge is 2.54. The molecule has 0 atom stereocenters. The lowest BCUT2D eigenvalue weighted by Gasteiger charge is -2.56. The first-order valence-electron chi connectivity index (χ1n) is 9.90. The zero-order chi connectivity index (χ0) is 17.0. The van der Waals surface area contributed by atoms with Crippen LogP contribution in [0.1, 0.15) is 57.7 Å². The van der Waals surface area contributed by atoms with Crippen molar-refractivity contribution in [3.8, 4) is 17.1 Å². The first-order valence-corrected chi connectivity index (χ1v) is 9.90.